The number of carbonyl (C=O) groups is 2. The Morgan fingerprint density at radius 2 is 2.35 bits per heavy atom. The molecule has 104 valence electrons. The lowest BCUT2D eigenvalue weighted by atomic mass is 10.3. The van der Waals surface area contributed by atoms with Crippen molar-refractivity contribution in [2.24, 2.45) is 0 Å². The molecule has 2 heterocycles. The second-order valence-electron chi connectivity index (χ2n) is 3.90. The van der Waals surface area contributed by atoms with Gasteiger partial charge >= 0.3 is 5.97 Å². The molecule has 0 fully saturated rings. The number of hydrogen-bond acceptors (Lipinski definition) is 5. The third-order valence-corrected chi connectivity index (χ3v) is 3.28. The molecule has 0 aliphatic heterocycles. The largest absolute Gasteiger partial charge is 0.478 e. The molecule has 0 saturated heterocycles. The fourth-order valence-corrected chi connectivity index (χ4v) is 2.24. The first-order valence-electron chi connectivity index (χ1n) is 5.73. The number of nitrogens with zero attached hydrogens (tertiary/aromatic N) is 3. The molecule has 0 aliphatic carbocycles. The van der Waals surface area contributed by atoms with Gasteiger partial charge < -0.3 is 10.4 Å². The van der Waals surface area contributed by atoms with E-state index in [1.165, 1.54) is 28.3 Å². The maximum absolute atomic E-state index is 11.6. The highest BCUT2D eigenvalue weighted by Gasteiger charge is 2.04. The van der Waals surface area contributed by atoms with E-state index in [1.54, 1.807) is 6.20 Å². The van der Waals surface area contributed by atoms with Gasteiger partial charge in [0.25, 0.3) is 0 Å². The molecule has 1 amide bonds. The van der Waals surface area contributed by atoms with E-state index in [2.05, 4.69) is 15.6 Å². The molecule has 0 aliphatic rings. The van der Waals surface area contributed by atoms with Gasteiger partial charge in [-0.05, 0) is 23.1 Å². The SMILES string of the molecule is O=C(O)/C=C/c1csc(CNC(=O)Cn2ccnn2)c1. The smallest absolute Gasteiger partial charge is 0.328 e. The summed E-state index contributed by atoms with van der Waals surface area (Å²) < 4.78 is 1.44. The van der Waals surface area contributed by atoms with Crippen molar-refractivity contribution < 1.29 is 14.7 Å². The van der Waals surface area contributed by atoms with E-state index in [-0.39, 0.29) is 12.5 Å². The van der Waals surface area contributed by atoms with E-state index in [9.17, 15) is 9.59 Å². The van der Waals surface area contributed by atoms with Crippen LogP contribution in [0.25, 0.3) is 6.08 Å². The fraction of sp³-hybridized carbons (Fsp3) is 0.167. The molecular formula is C12H12N4O3S. The van der Waals surface area contributed by atoms with Gasteiger partial charge in [-0.1, -0.05) is 5.21 Å². The van der Waals surface area contributed by atoms with Crippen molar-refractivity contribution in [1.82, 2.24) is 20.3 Å². The Morgan fingerprint density at radius 1 is 1.50 bits per heavy atom. The molecule has 0 unspecified atom stereocenters. The number of aliphatic carboxylic acids is 1. The Hall–Kier alpha value is -2.48. The molecule has 2 N–H and O–H groups in total. The van der Waals surface area contributed by atoms with Crippen LogP contribution in [0.5, 0.6) is 0 Å². The van der Waals surface area contributed by atoms with Crippen LogP contribution in [0.4, 0.5) is 0 Å². The number of thiophene rings is 1. The third-order valence-electron chi connectivity index (χ3n) is 2.33. The van der Waals surface area contributed by atoms with E-state index in [4.69, 9.17) is 5.11 Å². The summed E-state index contributed by atoms with van der Waals surface area (Å²) >= 11 is 1.46. The van der Waals surface area contributed by atoms with Crippen LogP contribution in [-0.2, 0) is 22.7 Å². The van der Waals surface area contributed by atoms with Crippen molar-refractivity contribution in [3.63, 3.8) is 0 Å². The molecule has 0 spiro atoms. The number of nitrogens with one attached hydrogen (secondary N) is 1. The Bertz CT molecular complexity index is 618. The van der Waals surface area contributed by atoms with Gasteiger partial charge in [0.15, 0.2) is 0 Å². The minimum atomic E-state index is -0.987. The Balaban J connectivity index is 1.82. The molecule has 0 aromatic carbocycles. The molecule has 2 aromatic rings. The number of carboxylic acid groups (broad SMARTS) is 1. The number of carbonyl (C=O) groups excluding carboxylic acids is 1. The molecule has 20 heavy (non-hydrogen) atoms. The Labute approximate surface area is 118 Å². The molecule has 0 atom stereocenters. The zero-order valence-corrected chi connectivity index (χ0v) is 11.2. The van der Waals surface area contributed by atoms with Crippen LogP contribution < -0.4 is 5.32 Å². The van der Waals surface area contributed by atoms with Crippen LogP contribution in [-0.4, -0.2) is 32.0 Å². The van der Waals surface area contributed by atoms with E-state index < -0.39 is 5.97 Å². The van der Waals surface area contributed by atoms with Gasteiger partial charge in [0.2, 0.25) is 5.91 Å². The number of rotatable bonds is 6. The van der Waals surface area contributed by atoms with Crippen LogP contribution in [0.3, 0.4) is 0 Å². The summed E-state index contributed by atoms with van der Waals surface area (Å²) in [6, 6.07) is 1.83. The van der Waals surface area contributed by atoms with Gasteiger partial charge in [0, 0.05) is 17.2 Å². The van der Waals surface area contributed by atoms with Crippen LogP contribution in [0.1, 0.15) is 10.4 Å². The van der Waals surface area contributed by atoms with Crippen molar-refractivity contribution in [3.8, 4) is 0 Å². The predicted octanol–water partition coefficient (Wildman–Crippen LogP) is 0.754. The van der Waals surface area contributed by atoms with Crippen molar-refractivity contribution >= 4 is 29.3 Å². The van der Waals surface area contributed by atoms with Crippen molar-refractivity contribution in [2.45, 2.75) is 13.1 Å². The standard InChI is InChI=1S/C12H12N4O3S/c17-11(7-16-4-3-14-15-16)13-6-10-5-9(8-20-10)1-2-12(18)19/h1-5,8H,6-7H2,(H,13,17)(H,18,19)/b2-1+. The maximum Gasteiger partial charge on any atom is 0.328 e. The highest BCUT2D eigenvalue weighted by Crippen LogP contribution is 2.15. The third kappa shape index (κ3) is 4.32. The number of amides is 1. The summed E-state index contributed by atoms with van der Waals surface area (Å²) in [6.07, 6.45) is 5.71. The second kappa shape index (κ2) is 6.62. The van der Waals surface area contributed by atoms with E-state index in [0.29, 0.717) is 6.54 Å². The minimum Gasteiger partial charge on any atom is -0.478 e. The molecule has 0 saturated carbocycles. The van der Waals surface area contributed by atoms with Crippen LogP contribution >= 0.6 is 11.3 Å². The Morgan fingerprint density at radius 3 is 3.05 bits per heavy atom. The van der Waals surface area contributed by atoms with Crippen molar-refractivity contribution in [3.05, 3.63) is 40.4 Å². The van der Waals surface area contributed by atoms with Gasteiger partial charge in [-0.15, -0.1) is 16.4 Å². The summed E-state index contributed by atoms with van der Waals surface area (Å²) in [6.45, 7) is 0.524. The predicted molar refractivity (Wildman–Crippen MR) is 72.9 cm³/mol. The number of aromatic nitrogens is 3. The maximum atomic E-state index is 11.6. The first-order valence-corrected chi connectivity index (χ1v) is 6.60. The van der Waals surface area contributed by atoms with E-state index in [0.717, 1.165) is 16.5 Å². The van der Waals surface area contributed by atoms with Gasteiger partial charge in [0.1, 0.15) is 6.54 Å². The summed E-state index contributed by atoms with van der Waals surface area (Å²) in [7, 11) is 0. The van der Waals surface area contributed by atoms with Crippen LogP contribution in [0.2, 0.25) is 0 Å². The molecule has 2 aromatic heterocycles. The first-order chi connectivity index (χ1) is 9.63. The van der Waals surface area contributed by atoms with Gasteiger partial charge in [-0.2, -0.15) is 0 Å². The summed E-state index contributed by atoms with van der Waals surface area (Å²) in [5.74, 6) is -1.15. The molecule has 2 rings (SSSR count). The minimum absolute atomic E-state index is 0.122. The lowest BCUT2D eigenvalue weighted by Crippen LogP contribution is -2.27. The van der Waals surface area contributed by atoms with E-state index in [1.807, 2.05) is 11.4 Å². The van der Waals surface area contributed by atoms with Gasteiger partial charge in [-0.25, -0.2) is 9.48 Å². The van der Waals surface area contributed by atoms with Gasteiger partial charge in [0.05, 0.1) is 12.7 Å². The highest BCUT2D eigenvalue weighted by atomic mass is 32.1. The number of hydrogen-bond donors (Lipinski definition) is 2. The van der Waals surface area contributed by atoms with Crippen LogP contribution in [0.15, 0.2) is 29.9 Å². The van der Waals surface area contributed by atoms with Gasteiger partial charge in [-0.3, -0.25) is 4.79 Å². The Kier molecular flexibility index (Phi) is 4.61. The van der Waals surface area contributed by atoms with E-state index >= 15 is 0 Å². The molecule has 7 nitrogen and oxygen atoms in total. The average Bonchev–Trinajstić information content (AvgIpc) is 3.05. The van der Waals surface area contributed by atoms with Crippen molar-refractivity contribution in [1.29, 1.82) is 0 Å². The van der Waals surface area contributed by atoms with Crippen molar-refractivity contribution in [2.75, 3.05) is 0 Å². The molecule has 0 bridgehead atoms. The molecular weight excluding hydrogens is 280 g/mol. The molecule has 0 radical (unpaired) electrons. The topological polar surface area (TPSA) is 97.1 Å². The van der Waals surface area contributed by atoms with Crippen LogP contribution in [0, 0.1) is 0 Å². The zero-order chi connectivity index (χ0) is 14.4. The lowest BCUT2D eigenvalue weighted by Gasteiger charge is -2.02. The monoisotopic (exact) mass is 292 g/mol. The summed E-state index contributed by atoms with van der Waals surface area (Å²) in [5.41, 5.74) is 0.804. The summed E-state index contributed by atoms with van der Waals surface area (Å²) in [4.78, 5) is 23.0. The normalized spacial score (nSPS) is 10.8. The second-order valence-corrected chi connectivity index (χ2v) is 4.89. The number of carboxylic acids is 1. The fourth-order valence-electron chi connectivity index (χ4n) is 1.45. The average molecular weight is 292 g/mol. The lowest BCUT2D eigenvalue weighted by molar-refractivity contribution is -0.131. The molecule has 8 heteroatoms. The first kappa shape index (κ1) is 13.9. The zero-order valence-electron chi connectivity index (χ0n) is 10.4. The highest BCUT2D eigenvalue weighted by molar-refractivity contribution is 7.10. The quantitative estimate of drug-likeness (QED) is 0.766. The summed E-state index contributed by atoms with van der Waals surface area (Å²) in [5, 5.41) is 20.4.